The van der Waals surface area contributed by atoms with Crippen molar-refractivity contribution in [2.24, 2.45) is 5.16 Å². The molecule has 24 heavy (non-hydrogen) atoms. The predicted molar refractivity (Wildman–Crippen MR) is 87.9 cm³/mol. The minimum atomic E-state index is -3.87. The average Bonchev–Trinajstić information content (AvgIpc) is 2.89. The van der Waals surface area contributed by atoms with Crippen LogP contribution in [0.1, 0.15) is 12.5 Å². The smallest absolute Gasteiger partial charge is 0.367 e. The quantitative estimate of drug-likeness (QED) is 0.484. The Balaban J connectivity index is 1.80. The zero-order valence-corrected chi connectivity index (χ0v) is 13.5. The molecule has 7 heteroatoms. The summed E-state index contributed by atoms with van der Waals surface area (Å²) in [6, 6.07) is 14.2. The molecule has 1 aliphatic rings. The molecular formula is C17H13NO5S. The van der Waals surface area contributed by atoms with Crippen LogP contribution in [0.4, 0.5) is 0 Å². The van der Waals surface area contributed by atoms with E-state index in [1.807, 2.05) is 0 Å². The van der Waals surface area contributed by atoms with Crippen molar-refractivity contribution < 1.29 is 22.2 Å². The highest BCUT2D eigenvalue weighted by atomic mass is 32.2. The molecule has 0 radical (unpaired) electrons. The molecule has 0 saturated carbocycles. The number of carbonyl (C=O) groups is 1. The summed E-state index contributed by atoms with van der Waals surface area (Å²) < 4.78 is 29.4. The van der Waals surface area contributed by atoms with Crippen molar-refractivity contribution in [2.45, 2.75) is 11.8 Å². The third-order valence-electron chi connectivity index (χ3n) is 3.30. The molecule has 0 spiro atoms. The van der Waals surface area contributed by atoms with Crippen LogP contribution in [0.15, 0.2) is 70.2 Å². The van der Waals surface area contributed by atoms with Crippen molar-refractivity contribution in [1.29, 1.82) is 0 Å². The minimum Gasteiger partial charge on any atom is -0.379 e. The Hall–Kier alpha value is -2.93. The van der Waals surface area contributed by atoms with Crippen molar-refractivity contribution in [3.63, 3.8) is 0 Å². The molecule has 3 rings (SSSR count). The Morgan fingerprint density at radius 1 is 1.04 bits per heavy atom. The van der Waals surface area contributed by atoms with Crippen molar-refractivity contribution in [1.82, 2.24) is 0 Å². The Labute approximate surface area is 139 Å². The summed E-state index contributed by atoms with van der Waals surface area (Å²) in [5.74, 6) is -0.333. The number of carbonyl (C=O) groups excluding carboxylic acids is 1. The van der Waals surface area contributed by atoms with Gasteiger partial charge in [0, 0.05) is 0 Å². The van der Waals surface area contributed by atoms with Gasteiger partial charge in [0.2, 0.25) is 0 Å². The van der Waals surface area contributed by atoms with Crippen LogP contribution >= 0.6 is 0 Å². The van der Waals surface area contributed by atoms with E-state index in [0.29, 0.717) is 16.8 Å². The molecule has 0 N–H and O–H groups in total. The number of oxime groups is 1. The molecule has 0 atom stereocenters. The van der Waals surface area contributed by atoms with Crippen LogP contribution in [0.2, 0.25) is 0 Å². The second-order valence-corrected chi connectivity index (χ2v) is 6.58. The first-order chi connectivity index (χ1) is 11.5. The number of hydrogen-bond donors (Lipinski definition) is 0. The Morgan fingerprint density at radius 2 is 1.71 bits per heavy atom. The molecule has 0 fully saturated rings. The number of benzene rings is 2. The monoisotopic (exact) mass is 343 g/mol. The number of hydrogen-bond acceptors (Lipinski definition) is 6. The number of nitrogens with zero attached hydrogens (tertiary/aromatic N) is 1. The maximum absolute atomic E-state index is 12.1. The Bertz CT molecular complexity index is 929. The van der Waals surface area contributed by atoms with Crippen LogP contribution in [-0.2, 0) is 19.8 Å². The SMILES string of the molecule is CC1=NOC(=O)/C1=C/c1ccc(OS(=O)(=O)c2ccccc2)cc1. The molecule has 1 aliphatic heterocycles. The zero-order valence-electron chi connectivity index (χ0n) is 12.7. The van der Waals surface area contributed by atoms with Crippen LogP contribution < -0.4 is 4.18 Å². The second-order valence-electron chi connectivity index (χ2n) is 5.03. The predicted octanol–water partition coefficient (Wildman–Crippen LogP) is 2.77. The van der Waals surface area contributed by atoms with Crippen molar-refractivity contribution in [3.05, 3.63) is 65.7 Å². The summed E-state index contributed by atoms with van der Waals surface area (Å²) in [4.78, 5) is 16.1. The highest BCUT2D eigenvalue weighted by Gasteiger charge is 2.21. The normalized spacial score (nSPS) is 16.0. The van der Waals surface area contributed by atoms with Gasteiger partial charge in [-0.05, 0) is 42.8 Å². The van der Waals surface area contributed by atoms with E-state index < -0.39 is 16.1 Å². The van der Waals surface area contributed by atoms with Crippen LogP contribution in [-0.4, -0.2) is 20.1 Å². The molecule has 0 amide bonds. The van der Waals surface area contributed by atoms with Gasteiger partial charge in [-0.1, -0.05) is 35.5 Å². The molecule has 0 aromatic heterocycles. The highest BCUT2D eigenvalue weighted by Crippen LogP contribution is 2.21. The lowest BCUT2D eigenvalue weighted by Crippen LogP contribution is -2.09. The molecular weight excluding hydrogens is 330 g/mol. The van der Waals surface area contributed by atoms with Gasteiger partial charge in [-0.3, -0.25) is 0 Å². The Morgan fingerprint density at radius 3 is 2.29 bits per heavy atom. The summed E-state index contributed by atoms with van der Waals surface area (Å²) in [6.45, 7) is 1.67. The van der Waals surface area contributed by atoms with E-state index in [9.17, 15) is 13.2 Å². The van der Waals surface area contributed by atoms with Gasteiger partial charge in [-0.15, -0.1) is 0 Å². The molecule has 0 aliphatic carbocycles. The third kappa shape index (κ3) is 3.36. The highest BCUT2D eigenvalue weighted by molar-refractivity contribution is 7.87. The van der Waals surface area contributed by atoms with Crippen molar-refractivity contribution >= 4 is 27.9 Å². The molecule has 6 nitrogen and oxygen atoms in total. The fourth-order valence-corrected chi connectivity index (χ4v) is 3.02. The van der Waals surface area contributed by atoms with E-state index in [2.05, 4.69) is 9.99 Å². The maximum atomic E-state index is 12.1. The standard InChI is InChI=1S/C17H13NO5S/c1-12-16(17(19)22-18-12)11-13-7-9-14(10-8-13)23-24(20,21)15-5-3-2-4-6-15/h2-11H,1H3/b16-11+. The summed E-state index contributed by atoms with van der Waals surface area (Å²) in [5.41, 5.74) is 1.55. The van der Waals surface area contributed by atoms with Gasteiger partial charge in [0.15, 0.2) is 0 Å². The zero-order chi connectivity index (χ0) is 17.2. The van der Waals surface area contributed by atoms with E-state index >= 15 is 0 Å². The van der Waals surface area contributed by atoms with Crippen LogP contribution in [0.5, 0.6) is 5.75 Å². The first-order valence-corrected chi connectivity index (χ1v) is 8.44. The lowest BCUT2D eigenvalue weighted by atomic mass is 10.1. The van der Waals surface area contributed by atoms with Gasteiger partial charge < -0.3 is 9.02 Å². The second kappa shape index (κ2) is 6.29. The number of rotatable bonds is 4. The maximum Gasteiger partial charge on any atom is 0.367 e. The molecule has 0 saturated heterocycles. The molecule has 1 heterocycles. The first kappa shape index (κ1) is 15.9. The molecule has 0 unspecified atom stereocenters. The fourth-order valence-electron chi connectivity index (χ4n) is 2.07. The van der Waals surface area contributed by atoms with E-state index in [-0.39, 0.29) is 10.6 Å². The Kier molecular flexibility index (Phi) is 4.18. The first-order valence-electron chi connectivity index (χ1n) is 7.03. The lowest BCUT2D eigenvalue weighted by molar-refractivity contribution is -0.136. The summed E-state index contributed by atoms with van der Waals surface area (Å²) in [6.07, 6.45) is 1.61. The fraction of sp³-hybridized carbons (Fsp3) is 0.0588. The van der Waals surface area contributed by atoms with Gasteiger partial charge >= 0.3 is 16.1 Å². The molecule has 0 bridgehead atoms. The summed E-state index contributed by atoms with van der Waals surface area (Å²) >= 11 is 0. The largest absolute Gasteiger partial charge is 0.379 e. The van der Waals surface area contributed by atoms with Crippen molar-refractivity contribution in [3.8, 4) is 5.75 Å². The summed E-state index contributed by atoms with van der Waals surface area (Å²) in [5, 5.41) is 3.59. The summed E-state index contributed by atoms with van der Waals surface area (Å²) in [7, 11) is -3.87. The van der Waals surface area contributed by atoms with Crippen LogP contribution in [0, 0.1) is 0 Å². The van der Waals surface area contributed by atoms with Crippen molar-refractivity contribution in [2.75, 3.05) is 0 Å². The van der Waals surface area contributed by atoms with Gasteiger partial charge in [0.1, 0.15) is 10.6 Å². The lowest BCUT2D eigenvalue weighted by Gasteiger charge is -2.07. The van der Waals surface area contributed by atoms with Crippen LogP contribution in [0.3, 0.4) is 0 Å². The van der Waals surface area contributed by atoms with Gasteiger partial charge in [0.25, 0.3) is 0 Å². The molecule has 2 aromatic carbocycles. The minimum absolute atomic E-state index is 0.0803. The van der Waals surface area contributed by atoms with E-state index in [1.54, 1.807) is 43.3 Å². The average molecular weight is 343 g/mol. The van der Waals surface area contributed by atoms with E-state index in [1.165, 1.54) is 24.3 Å². The van der Waals surface area contributed by atoms with E-state index in [4.69, 9.17) is 4.18 Å². The molecule has 122 valence electrons. The van der Waals surface area contributed by atoms with Gasteiger partial charge in [0.05, 0.1) is 11.3 Å². The third-order valence-corrected chi connectivity index (χ3v) is 4.57. The molecule has 2 aromatic rings. The van der Waals surface area contributed by atoms with Gasteiger partial charge in [-0.25, -0.2) is 4.79 Å². The van der Waals surface area contributed by atoms with Crippen LogP contribution in [0.25, 0.3) is 6.08 Å². The topological polar surface area (TPSA) is 82.0 Å². The van der Waals surface area contributed by atoms with E-state index in [0.717, 1.165) is 0 Å². The van der Waals surface area contributed by atoms with Gasteiger partial charge in [-0.2, -0.15) is 8.42 Å².